The molecule has 0 fully saturated rings. The molecule has 0 unspecified atom stereocenters. The van der Waals surface area contributed by atoms with E-state index in [4.69, 9.17) is 9.52 Å². The van der Waals surface area contributed by atoms with Gasteiger partial charge in [0.05, 0.1) is 19.3 Å². The van der Waals surface area contributed by atoms with E-state index in [1.165, 1.54) is 17.5 Å². The minimum atomic E-state index is -0.0859. The summed E-state index contributed by atoms with van der Waals surface area (Å²) in [5.74, 6) is -0.0859. The Morgan fingerprint density at radius 3 is 2.89 bits per heavy atom. The molecule has 0 saturated heterocycles. The lowest BCUT2D eigenvalue weighted by molar-refractivity contribution is -0.120. The second-order valence-electron chi connectivity index (χ2n) is 4.98. The van der Waals surface area contributed by atoms with E-state index in [-0.39, 0.29) is 12.5 Å². The van der Waals surface area contributed by atoms with Crippen LogP contribution in [0.3, 0.4) is 0 Å². The fraction of sp³-hybridized carbons (Fsp3) is 0.400. The van der Waals surface area contributed by atoms with Gasteiger partial charge in [-0.2, -0.15) is 0 Å². The van der Waals surface area contributed by atoms with Gasteiger partial charge in [0.25, 0.3) is 0 Å². The summed E-state index contributed by atoms with van der Waals surface area (Å²) in [7, 11) is 0. The Morgan fingerprint density at radius 1 is 1.32 bits per heavy atom. The lowest BCUT2D eigenvalue weighted by Crippen LogP contribution is -2.27. The van der Waals surface area contributed by atoms with Crippen molar-refractivity contribution < 1.29 is 14.3 Å². The molecule has 100 valence electrons. The van der Waals surface area contributed by atoms with E-state index in [1.807, 2.05) is 0 Å². The van der Waals surface area contributed by atoms with Crippen molar-refractivity contribution in [2.45, 2.75) is 25.7 Å². The normalized spacial score (nSPS) is 13.7. The lowest BCUT2D eigenvalue weighted by atomic mass is 10.0. The van der Waals surface area contributed by atoms with Crippen molar-refractivity contribution in [3.05, 3.63) is 35.1 Å². The average molecular weight is 259 g/mol. The summed E-state index contributed by atoms with van der Waals surface area (Å²) >= 11 is 0. The predicted molar refractivity (Wildman–Crippen MR) is 72.0 cm³/mol. The van der Waals surface area contributed by atoms with Crippen LogP contribution in [0.15, 0.2) is 22.8 Å². The first kappa shape index (κ1) is 12.2. The smallest absolute Gasteiger partial charge is 0.224 e. The molecule has 1 aromatic carbocycles. The molecule has 4 nitrogen and oxygen atoms in total. The lowest BCUT2D eigenvalue weighted by Gasteiger charge is -2.03. The van der Waals surface area contributed by atoms with Crippen molar-refractivity contribution in [1.82, 2.24) is 5.32 Å². The highest BCUT2D eigenvalue weighted by molar-refractivity contribution is 5.88. The van der Waals surface area contributed by atoms with Gasteiger partial charge < -0.3 is 14.8 Å². The van der Waals surface area contributed by atoms with Gasteiger partial charge in [0.2, 0.25) is 5.91 Å². The van der Waals surface area contributed by atoms with Crippen LogP contribution in [0.25, 0.3) is 11.0 Å². The summed E-state index contributed by atoms with van der Waals surface area (Å²) in [6, 6.07) is 4.27. The van der Waals surface area contributed by atoms with Gasteiger partial charge in [-0.15, -0.1) is 0 Å². The number of aliphatic hydroxyl groups excluding tert-OH is 1. The third-order valence-corrected chi connectivity index (χ3v) is 3.65. The van der Waals surface area contributed by atoms with Crippen molar-refractivity contribution in [2.75, 3.05) is 13.2 Å². The molecule has 1 aliphatic rings. The van der Waals surface area contributed by atoms with E-state index in [1.54, 1.807) is 6.26 Å². The standard InChI is InChI=1S/C15H17NO3/c17-5-4-16-15(18)8-12-9-19-14-7-11-3-1-2-10(11)6-13(12)14/h6-7,9,17H,1-5,8H2,(H,16,18). The quantitative estimate of drug-likeness (QED) is 0.876. The first-order chi connectivity index (χ1) is 9.28. The number of carbonyl (C=O) groups excluding carboxylic acids is 1. The molecular formula is C15H17NO3. The van der Waals surface area contributed by atoms with Gasteiger partial charge in [0.1, 0.15) is 5.58 Å². The van der Waals surface area contributed by atoms with E-state index in [0.717, 1.165) is 29.4 Å². The zero-order valence-corrected chi connectivity index (χ0v) is 10.7. The Balaban J connectivity index is 1.86. The van der Waals surface area contributed by atoms with E-state index in [0.29, 0.717) is 13.0 Å². The number of benzene rings is 1. The average Bonchev–Trinajstić information content (AvgIpc) is 3.01. The maximum atomic E-state index is 11.7. The number of aliphatic hydroxyl groups is 1. The SMILES string of the molecule is O=C(Cc1coc2cc3c(cc12)CCC3)NCCO. The van der Waals surface area contributed by atoms with Crippen LogP contribution >= 0.6 is 0 Å². The van der Waals surface area contributed by atoms with Crippen LogP contribution in [0.1, 0.15) is 23.1 Å². The second-order valence-corrected chi connectivity index (χ2v) is 4.98. The first-order valence-corrected chi connectivity index (χ1v) is 6.67. The van der Waals surface area contributed by atoms with Crippen molar-refractivity contribution in [3.8, 4) is 0 Å². The third kappa shape index (κ3) is 2.36. The molecule has 3 rings (SSSR count). The molecule has 0 aliphatic heterocycles. The predicted octanol–water partition coefficient (Wildman–Crippen LogP) is 1.57. The Morgan fingerprint density at radius 2 is 2.11 bits per heavy atom. The summed E-state index contributed by atoms with van der Waals surface area (Å²) in [5.41, 5.74) is 4.54. The van der Waals surface area contributed by atoms with Gasteiger partial charge in [0, 0.05) is 17.5 Å². The topological polar surface area (TPSA) is 62.5 Å². The van der Waals surface area contributed by atoms with Gasteiger partial charge >= 0.3 is 0 Å². The maximum Gasteiger partial charge on any atom is 0.224 e. The van der Waals surface area contributed by atoms with E-state index >= 15 is 0 Å². The van der Waals surface area contributed by atoms with Crippen molar-refractivity contribution in [1.29, 1.82) is 0 Å². The summed E-state index contributed by atoms with van der Waals surface area (Å²) in [4.78, 5) is 11.7. The van der Waals surface area contributed by atoms with Crippen LogP contribution in [0, 0.1) is 0 Å². The van der Waals surface area contributed by atoms with Gasteiger partial charge in [-0.25, -0.2) is 0 Å². The van der Waals surface area contributed by atoms with Crippen LogP contribution < -0.4 is 5.32 Å². The van der Waals surface area contributed by atoms with E-state index in [2.05, 4.69) is 17.4 Å². The number of nitrogens with one attached hydrogen (secondary N) is 1. The van der Waals surface area contributed by atoms with Gasteiger partial charge in [-0.05, 0) is 42.5 Å². The highest BCUT2D eigenvalue weighted by atomic mass is 16.3. The molecule has 0 radical (unpaired) electrons. The minimum Gasteiger partial charge on any atom is -0.464 e. The van der Waals surface area contributed by atoms with Crippen LogP contribution in [0.2, 0.25) is 0 Å². The number of aryl methyl sites for hydroxylation is 2. The number of hydrogen-bond acceptors (Lipinski definition) is 3. The molecule has 1 aliphatic carbocycles. The molecule has 0 saturated carbocycles. The zero-order valence-electron chi connectivity index (χ0n) is 10.7. The Labute approximate surface area is 111 Å². The van der Waals surface area contributed by atoms with Gasteiger partial charge in [0.15, 0.2) is 0 Å². The maximum absolute atomic E-state index is 11.7. The number of fused-ring (bicyclic) bond motifs is 2. The fourth-order valence-electron chi connectivity index (χ4n) is 2.72. The van der Waals surface area contributed by atoms with Crippen molar-refractivity contribution in [2.24, 2.45) is 0 Å². The van der Waals surface area contributed by atoms with Crippen molar-refractivity contribution >= 4 is 16.9 Å². The fourth-order valence-corrected chi connectivity index (χ4v) is 2.72. The number of carbonyl (C=O) groups is 1. The Hall–Kier alpha value is -1.81. The number of rotatable bonds is 4. The number of hydrogen-bond donors (Lipinski definition) is 2. The molecule has 0 bridgehead atoms. The summed E-state index contributed by atoms with van der Waals surface area (Å²) in [6.45, 7) is 0.259. The van der Waals surface area contributed by atoms with Crippen LogP contribution in [-0.4, -0.2) is 24.2 Å². The molecule has 4 heteroatoms. The molecule has 1 amide bonds. The second kappa shape index (κ2) is 5.05. The van der Waals surface area contributed by atoms with Gasteiger partial charge in [-0.1, -0.05) is 0 Å². The molecule has 0 spiro atoms. The summed E-state index contributed by atoms with van der Waals surface area (Å²) in [6.07, 6.45) is 5.41. The summed E-state index contributed by atoms with van der Waals surface area (Å²) in [5, 5.41) is 12.4. The minimum absolute atomic E-state index is 0.0363. The molecule has 0 atom stereocenters. The molecule has 19 heavy (non-hydrogen) atoms. The third-order valence-electron chi connectivity index (χ3n) is 3.65. The monoisotopic (exact) mass is 259 g/mol. The van der Waals surface area contributed by atoms with Crippen molar-refractivity contribution in [3.63, 3.8) is 0 Å². The highest BCUT2D eigenvalue weighted by Crippen LogP contribution is 2.30. The first-order valence-electron chi connectivity index (χ1n) is 6.67. The van der Waals surface area contributed by atoms with Crippen LogP contribution in [-0.2, 0) is 24.1 Å². The zero-order chi connectivity index (χ0) is 13.2. The number of amides is 1. The summed E-state index contributed by atoms with van der Waals surface area (Å²) < 4.78 is 5.55. The Kier molecular flexibility index (Phi) is 3.25. The number of furan rings is 1. The Bertz CT molecular complexity index is 615. The van der Waals surface area contributed by atoms with Crippen LogP contribution in [0.5, 0.6) is 0 Å². The van der Waals surface area contributed by atoms with Crippen LogP contribution in [0.4, 0.5) is 0 Å². The molecule has 1 heterocycles. The highest BCUT2D eigenvalue weighted by Gasteiger charge is 2.16. The molecule has 2 aromatic rings. The molecular weight excluding hydrogens is 242 g/mol. The van der Waals surface area contributed by atoms with E-state index in [9.17, 15) is 4.79 Å². The molecule has 2 N–H and O–H groups in total. The largest absolute Gasteiger partial charge is 0.464 e. The van der Waals surface area contributed by atoms with Gasteiger partial charge in [-0.3, -0.25) is 4.79 Å². The van der Waals surface area contributed by atoms with E-state index < -0.39 is 0 Å². The molecule has 1 aromatic heterocycles.